The van der Waals surface area contributed by atoms with Crippen molar-refractivity contribution in [3.63, 3.8) is 0 Å². The van der Waals surface area contributed by atoms with Crippen LogP contribution in [0.15, 0.2) is 36.7 Å². The van der Waals surface area contributed by atoms with Crippen LogP contribution < -0.4 is 5.32 Å². The van der Waals surface area contributed by atoms with Crippen LogP contribution in [-0.2, 0) is 16.0 Å². The lowest BCUT2D eigenvalue weighted by Crippen LogP contribution is -2.28. The predicted octanol–water partition coefficient (Wildman–Crippen LogP) is 1.80. The van der Waals surface area contributed by atoms with Gasteiger partial charge in [0.15, 0.2) is 0 Å². The van der Waals surface area contributed by atoms with Crippen LogP contribution in [0.1, 0.15) is 35.6 Å². The first kappa shape index (κ1) is 16.7. The number of ether oxygens (including phenoxy) is 1. The Hall–Kier alpha value is -2.72. The molecule has 0 bridgehead atoms. The Morgan fingerprint density at radius 3 is 2.96 bits per heavy atom. The molecular formula is C16H17N7O2S. The number of tetrazole rings is 1. The molecule has 2 atom stereocenters. The van der Waals surface area contributed by atoms with Gasteiger partial charge in [-0.15, -0.1) is 15.3 Å². The van der Waals surface area contributed by atoms with Crippen molar-refractivity contribution in [3.05, 3.63) is 47.2 Å². The fourth-order valence-electron chi connectivity index (χ4n) is 2.83. The summed E-state index contributed by atoms with van der Waals surface area (Å²) in [4.78, 5) is 12.8. The molecule has 1 aliphatic rings. The topological polar surface area (TPSA) is 108 Å². The molecule has 4 rings (SSSR count). The zero-order valence-corrected chi connectivity index (χ0v) is 14.7. The molecule has 1 saturated heterocycles. The second kappa shape index (κ2) is 7.67. The third-order valence-electron chi connectivity index (χ3n) is 4.13. The molecule has 9 nitrogen and oxygen atoms in total. The highest BCUT2D eigenvalue weighted by Gasteiger charge is 2.26. The minimum absolute atomic E-state index is 0.0159. The fourth-order valence-corrected chi connectivity index (χ4v) is 3.66. The first-order valence-corrected chi connectivity index (χ1v) is 9.13. The van der Waals surface area contributed by atoms with Crippen molar-refractivity contribution in [3.8, 4) is 0 Å². The number of hydrogen-bond donors (Lipinski definition) is 1. The molecular weight excluding hydrogens is 354 g/mol. The molecule has 26 heavy (non-hydrogen) atoms. The van der Waals surface area contributed by atoms with E-state index in [9.17, 15) is 4.79 Å². The number of nitrogens with one attached hydrogen (secondary N) is 1. The molecule has 1 N–H and O–H groups in total. The molecule has 10 heteroatoms. The molecule has 1 aliphatic heterocycles. The van der Waals surface area contributed by atoms with Crippen LogP contribution in [0.25, 0.3) is 0 Å². The molecule has 3 heterocycles. The molecule has 2 aromatic heterocycles. The minimum atomic E-state index is -0.581. The third kappa shape index (κ3) is 3.75. The standard InChI is InChI=1S/C16H17N7O2S/c24-14(18-16-20-19-15(26-16)13-7-4-8-25-13)12(23-10-17-21-22-23)9-11-5-2-1-3-6-11/h1-3,5-6,10,12-13H,4,7-9H2,(H,18,20,24)/t12-,13+/m1/s1. The predicted molar refractivity (Wildman–Crippen MR) is 93.5 cm³/mol. The van der Waals surface area contributed by atoms with Crippen molar-refractivity contribution in [1.82, 2.24) is 30.4 Å². The van der Waals surface area contributed by atoms with Crippen molar-refractivity contribution in [2.75, 3.05) is 11.9 Å². The van der Waals surface area contributed by atoms with E-state index in [0.29, 0.717) is 11.6 Å². The van der Waals surface area contributed by atoms with Crippen molar-refractivity contribution in [2.45, 2.75) is 31.4 Å². The average molecular weight is 371 g/mol. The quantitative estimate of drug-likeness (QED) is 0.704. The Morgan fingerprint density at radius 1 is 1.35 bits per heavy atom. The highest BCUT2D eigenvalue weighted by molar-refractivity contribution is 7.15. The van der Waals surface area contributed by atoms with Gasteiger partial charge in [-0.2, -0.15) is 0 Å². The van der Waals surface area contributed by atoms with E-state index >= 15 is 0 Å². The number of carbonyl (C=O) groups is 1. The lowest BCUT2D eigenvalue weighted by molar-refractivity contribution is -0.119. The van der Waals surface area contributed by atoms with Crippen LogP contribution >= 0.6 is 11.3 Å². The van der Waals surface area contributed by atoms with Gasteiger partial charge in [-0.3, -0.25) is 10.1 Å². The van der Waals surface area contributed by atoms with E-state index in [-0.39, 0.29) is 12.0 Å². The smallest absolute Gasteiger partial charge is 0.251 e. The number of carbonyl (C=O) groups excluding carboxylic acids is 1. The number of nitrogens with zero attached hydrogens (tertiary/aromatic N) is 6. The first-order chi connectivity index (χ1) is 12.8. The van der Waals surface area contributed by atoms with Gasteiger partial charge in [0.2, 0.25) is 5.13 Å². The summed E-state index contributed by atoms with van der Waals surface area (Å²) in [6, 6.07) is 9.15. The maximum Gasteiger partial charge on any atom is 0.251 e. The Morgan fingerprint density at radius 2 is 2.23 bits per heavy atom. The van der Waals surface area contributed by atoms with E-state index in [1.807, 2.05) is 30.3 Å². The molecule has 0 unspecified atom stereocenters. The van der Waals surface area contributed by atoms with E-state index in [1.165, 1.54) is 22.3 Å². The summed E-state index contributed by atoms with van der Waals surface area (Å²) in [7, 11) is 0. The number of hydrogen-bond acceptors (Lipinski definition) is 8. The molecule has 1 aromatic carbocycles. The van der Waals surface area contributed by atoms with Gasteiger partial charge in [-0.25, -0.2) is 4.68 Å². The number of rotatable bonds is 6. The van der Waals surface area contributed by atoms with Crippen LogP contribution in [0.3, 0.4) is 0 Å². The summed E-state index contributed by atoms with van der Waals surface area (Å²) in [5, 5.41) is 23.4. The molecule has 0 spiro atoms. The lowest BCUT2D eigenvalue weighted by atomic mass is 10.1. The zero-order chi connectivity index (χ0) is 17.8. The maximum absolute atomic E-state index is 12.8. The lowest BCUT2D eigenvalue weighted by Gasteiger charge is -2.15. The molecule has 0 aliphatic carbocycles. The van der Waals surface area contributed by atoms with Crippen molar-refractivity contribution < 1.29 is 9.53 Å². The first-order valence-electron chi connectivity index (χ1n) is 8.32. The van der Waals surface area contributed by atoms with Gasteiger partial charge in [0.1, 0.15) is 23.5 Å². The van der Waals surface area contributed by atoms with Crippen LogP contribution in [0.4, 0.5) is 5.13 Å². The number of benzene rings is 1. The number of anilines is 1. The van der Waals surface area contributed by atoms with Crippen LogP contribution in [0.5, 0.6) is 0 Å². The van der Waals surface area contributed by atoms with Gasteiger partial charge >= 0.3 is 0 Å². The minimum Gasteiger partial charge on any atom is -0.371 e. The van der Waals surface area contributed by atoms with E-state index in [1.54, 1.807) is 0 Å². The second-order valence-corrected chi connectivity index (χ2v) is 6.94. The molecule has 134 valence electrons. The van der Waals surface area contributed by atoms with E-state index in [2.05, 4.69) is 31.0 Å². The van der Waals surface area contributed by atoms with Crippen molar-refractivity contribution in [2.24, 2.45) is 0 Å². The van der Waals surface area contributed by atoms with Gasteiger partial charge < -0.3 is 4.74 Å². The largest absolute Gasteiger partial charge is 0.371 e. The zero-order valence-electron chi connectivity index (χ0n) is 13.9. The van der Waals surface area contributed by atoms with Gasteiger partial charge in [0.25, 0.3) is 5.91 Å². The van der Waals surface area contributed by atoms with Crippen LogP contribution in [-0.4, -0.2) is 42.9 Å². The average Bonchev–Trinajstić information content (AvgIpc) is 3.41. The third-order valence-corrected chi connectivity index (χ3v) is 5.07. The van der Waals surface area contributed by atoms with Crippen molar-refractivity contribution >= 4 is 22.4 Å². The summed E-state index contributed by atoms with van der Waals surface area (Å²) in [5.41, 5.74) is 1.01. The van der Waals surface area contributed by atoms with Crippen molar-refractivity contribution in [1.29, 1.82) is 0 Å². The molecule has 3 aromatic rings. The summed E-state index contributed by atoms with van der Waals surface area (Å²) < 4.78 is 7.06. The summed E-state index contributed by atoms with van der Waals surface area (Å²) in [5.74, 6) is -0.240. The van der Waals surface area contributed by atoms with Gasteiger partial charge in [-0.1, -0.05) is 41.7 Å². The fraction of sp³-hybridized carbons (Fsp3) is 0.375. The molecule has 1 amide bonds. The highest BCUT2D eigenvalue weighted by atomic mass is 32.1. The normalized spacial score (nSPS) is 17.9. The Bertz CT molecular complexity index is 847. The van der Waals surface area contributed by atoms with E-state index < -0.39 is 6.04 Å². The van der Waals surface area contributed by atoms with Gasteiger partial charge in [0, 0.05) is 13.0 Å². The summed E-state index contributed by atoms with van der Waals surface area (Å²) >= 11 is 1.34. The summed E-state index contributed by atoms with van der Waals surface area (Å²) in [6.07, 6.45) is 3.84. The van der Waals surface area contributed by atoms with E-state index in [4.69, 9.17) is 4.74 Å². The highest BCUT2D eigenvalue weighted by Crippen LogP contribution is 2.32. The molecule has 1 fully saturated rings. The van der Waals surface area contributed by atoms with Crippen LogP contribution in [0, 0.1) is 0 Å². The van der Waals surface area contributed by atoms with E-state index in [0.717, 1.165) is 30.0 Å². The molecule has 0 saturated carbocycles. The SMILES string of the molecule is O=C(Nc1nnc([C@@H]2CCCO2)s1)[C@@H](Cc1ccccc1)n1cnnn1. The monoisotopic (exact) mass is 371 g/mol. The Kier molecular flexibility index (Phi) is 4.93. The number of aromatic nitrogens is 6. The Labute approximate surface area is 153 Å². The maximum atomic E-state index is 12.8. The number of amides is 1. The molecule has 0 radical (unpaired) electrons. The van der Waals surface area contributed by atoms with Gasteiger partial charge in [0.05, 0.1) is 0 Å². The van der Waals surface area contributed by atoms with Gasteiger partial charge in [-0.05, 0) is 28.8 Å². The van der Waals surface area contributed by atoms with Crippen LogP contribution in [0.2, 0.25) is 0 Å². The summed E-state index contributed by atoms with van der Waals surface area (Å²) in [6.45, 7) is 0.740. The Balaban J connectivity index is 1.49. The second-order valence-electron chi connectivity index (χ2n) is 5.93.